The highest BCUT2D eigenvalue weighted by molar-refractivity contribution is 5.85. The standard InChI is InChI=1S/C15H18O6/c1-10(16)21-14(17)7-5-6-11-8-12(18-2)15(20-4)13(9-11)19-3/h5-6,8-9H,7H2,1-4H3. The Kier molecular flexibility index (Phi) is 6.26. The van der Waals surface area contributed by atoms with Crippen molar-refractivity contribution in [1.82, 2.24) is 0 Å². The maximum Gasteiger partial charge on any atom is 0.317 e. The van der Waals surface area contributed by atoms with Gasteiger partial charge in [0.2, 0.25) is 5.75 Å². The molecule has 0 aromatic heterocycles. The molecule has 6 heteroatoms. The van der Waals surface area contributed by atoms with Crippen molar-refractivity contribution in [2.24, 2.45) is 0 Å². The molecule has 0 spiro atoms. The minimum atomic E-state index is -0.624. The molecule has 1 rings (SSSR count). The first kappa shape index (κ1) is 16.6. The summed E-state index contributed by atoms with van der Waals surface area (Å²) < 4.78 is 20.1. The third-order valence-electron chi connectivity index (χ3n) is 2.54. The number of benzene rings is 1. The van der Waals surface area contributed by atoms with Gasteiger partial charge in [0.15, 0.2) is 11.5 Å². The van der Waals surface area contributed by atoms with Gasteiger partial charge < -0.3 is 18.9 Å². The van der Waals surface area contributed by atoms with Gasteiger partial charge in [-0.1, -0.05) is 12.2 Å². The highest BCUT2D eigenvalue weighted by atomic mass is 16.6. The fourth-order valence-corrected chi connectivity index (χ4v) is 1.69. The van der Waals surface area contributed by atoms with Gasteiger partial charge in [0.05, 0.1) is 27.8 Å². The first-order valence-corrected chi connectivity index (χ1v) is 6.19. The Morgan fingerprint density at radius 3 is 2.05 bits per heavy atom. The molecule has 0 heterocycles. The molecular weight excluding hydrogens is 276 g/mol. The number of rotatable bonds is 6. The maximum absolute atomic E-state index is 11.2. The molecule has 0 aliphatic carbocycles. The second-order valence-electron chi connectivity index (χ2n) is 4.03. The fourth-order valence-electron chi connectivity index (χ4n) is 1.69. The molecule has 0 N–H and O–H groups in total. The van der Waals surface area contributed by atoms with Crippen LogP contribution in [0.3, 0.4) is 0 Å². The van der Waals surface area contributed by atoms with Crippen molar-refractivity contribution >= 4 is 18.0 Å². The van der Waals surface area contributed by atoms with Gasteiger partial charge in [-0.25, -0.2) is 0 Å². The number of carbonyl (C=O) groups is 2. The highest BCUT2D eigenvalue weighted by Crippen LogP contribution is 2.38. The van der Waals surface area contributed by atoms with Crippen LogP contribution in [-0.4, -0.2) is 33.3 Å². The molecule has 1 aromatic carbocycles. The first-order chi connectivity index (χ1) is 10.0. The van der Waals surface area contributed by atoms with Crippen molar-refractivity contribution in [2.75, 3.05) is 21.3 Å². The number of ether oxygens (including phenoxy) is 4. The predicted octanol–water partition coefficient (Wildman–Crippen LogP) is 2.21. The number of hydrogen-bond acceptors (Lipinski definition) is 6. The number of esters is 2. The number of hydrogen-bond donors (Lipinski definition) is 0. The first-order valence-electron chi connectivity index (χ1n) is 6.19. The fraction of sp³-hybridized carbons (Fsp3) is 0.333. The summed E-state index contributed by atoms with van der Waals surface area (Å²) in [5, 5.41) is 0. The molecule has 0 aliphatic rings. The van der Waals surface area contributed by atoms with Crippen LogP contribution in [0.5, 0.6) is 17.2 Å². The van der Waals surface area contributed by atoms with E-state index in [0.717, 1.165) is 5.56 Å². The van der Waals surface area contributed by atoms with Gasteiger partial charge in [0.1, 0.15) is 0 Å². The van der Waals surface area contributed by atoms with Crippen LogP contribution in [0.25, 0.3) is 6.08 Å². The van der Waals surface area contributed by atoms with Crippen LogP contribution in [-0.2, 0) is 14.3 Å². The minimum absolute atomic E-state index is 0.00373. The molecule has 0 aliphatic heterocycles. The van der Waals surface area contributed by atoms with Crippen molar-refractivity contribution < 1.29 is 28.5 Å². The van der Waals surface area contributed by atoms with Crippen molar-refractivity contribution in [3.05, 3.63) is 23.8 Å². The Bertz CT molecular complexity index is 522. The van der Waals surface area contributed by atoms with E-state index in [1.807, 2.05) is 0 Å². The van der Waals surface area contributed by atoms with E-state index in [0.29, 0.717) is 17.2 Å². The van der Waals surface area contributed by atoms with Crippen LogP contribution in [0.2, 0.25) is 0 Å². The smallest absolute Gasteiger partial charge is 0.317 e. The van der Waals surface area contributed by atoms with E-state index in [4.69, 9.17) is 14.2 Å². The lowest BCUT2D eigenvalue weighted by molar-refractivity contribution is -0.157. The van der Waals surface area contributed by atoms with Crippen molar-refractivity contribution in [1.29, 1.82) is 0 Å². The molecular formula is C15H18O6. The molecule has 0 bridgehead atoms. The monoisotopic (exact) mass is 294 g/mol. The largest absolute Gasteiger partial charge is 0.493 e. The molecule has 0 radical (unpaired) electrons. The van der Waals surface area contributed by atoms with Gasteiger partial charge in [-0.3, -0.25) is 9.59 Å². The quantitative estimate of drug-likeness (QED) is 0.591. The second-order valence-corrected chi connectivity index (χ2v) is 4.03. The Morgan fingerprint density at radius 1 is 1.05 bits per heavy atom. The topological polar surface area (TPSA) is 71.1 Å². The van der Waals surface area contributed by atoms with Crippen molar-refractivity contribution in [3.8, 4) is 17.2 Å². The molecule has 0 unspecified atom stereocenters. The Balaban J connectivity index is 2.88. The van der Waals surface area contributed by atoms with Crippen LogP contribution in [0.1, 0.15) is 18.9 Å². The molecule has 0 saturated carbocycles. The van der Waals surface area contributed by atoms with Crippen LogP contribution in [0.4, 0.5) is 0 Å². The maximum atomic E-state index is 11.2. The SMILES string of the molecule is COc1cc(C=CCC(=O)OC(C)=O)cc(OC)c1OC. The Hall–Kier alpha value is -2.50. The Morgan fingerprint density at radius 2 is 1.62 bits per heavy atom. The molecule has 21 heavy (non-hydrogen) atoms. The third-order valence-corrected chi connectivity index (χ3v) is 2.54. The van der Waals surface area contributed by atoms with Gasteiger partial charge in [-0.05, 0) is 17.7 Å². The zero-order valence-electron chi connectivity index (χ0n) is 12.5. The third kappa shape index (κ3) is 4.83. The zero-order chi connectivity index (χ0) is 15.8. The van der Waals surface area contributed by atoms with Gasteiger partial charge in [0.25, 0.3) is 0 Å². The highest BCUT2D eigenvalue weighted by Gasteiger charge is 2.12. The van der Waals surface area contributed by atoms with Crippen molar-refractivity contribution in [3.63, 3.8) is 0 Å². The van der Waals surface area contributed by atoms with Gasteiger partial charge >= 0.3 is 11.9 Å². The summed E-state index contributed by atoms with van der Waals surface area (Å²) in [5.41, 5.74) is 0.764. The lowest BCUT2D eigenvalue weighted by Crippen LogP contribution is -2.07. The number of carbonyl (C=O) groups excluding carboxylic acids is 2. The molecule has 6 nitrogen and oxygen atoms in total. The molecule has 0 atom stereocenters. The average Bonchev–Trinajstić information content (AvgIpc) is 2.45. The molecule has 114 valence electrons. The molecule has 0 amide bonds. The van der Waals surface area contributed by atoms with Gasteiger partial charge in [0, 0.05) is 6.92 Å². The van der Waals surface area contributed by atoms with E-state index in [-0.39, 0.29) is 6.42 Å². The summed E-state index contributed by atoms with van der Waals surface area (Å²) in [4.78, 5) is 21.8. The second kappa shape index (κ2) is 7.94. The normalized spacial score (nSPS) is 10.3. The number of methoxy groups -OCH3 is 3. The lowest BCUT2D eigenvalue weighted by atomic mass is 10.1. The van der Waals surface area contributed by atoms with E-state index in [1.54, 1.807) is 24.3 Å². The molecule has 1 aromatic rings. The van der Waals surface area contributed by atoms with Crippen LogP contribution >= 0.6 is 0 Å². The van der Waals surface area contributed by atoms with Gasteiger partial charge in [-0.15, -0.1) is 0 Å². The average molecular weight is 294 g/mol. The van der Waals surface area contributed by atoms with E-state index in [2.05, 4.69) is 4.74 Å². The summed E-state index contributed by atoms with van der Waals surface area (Å²) in [7, 11) is 4.57. The van der Waals surface area contributed by atoms with E-state index < -0.39 is 11.9 Å². The summed E-state index contributed by atoms with van der Waals surface area (Å²) in [6.45, 7) is 1.18. The summed E-state index contributed by atoms with van der Waals surface area (Å²) >= 11 is 0. The summed E-state index contributed by atoms with van der Waals surface area (Å²) in [5.74, 6) is 0.297. The Labute approximate surface area is 123 Å². The predicted molar refractivity (Wildman–Crippen MR) is 76.5 cm³/mol. The van der Waals surface area contributed by atoms with Gasteiger partial charge in [-0.2, -0.15) is 0 Å². The van der Waals surface area contributed by atoms with Crippen LogP contribution in [0, 0.1) is 0 Å². The van der Waals surface area contributed by atoms with E-state index >= 15 is 0 Å². The molecule has 0 saturated heterocycles. The van der Waals surface area contributed by atoms with Crippen LogP contribution in [0.15, 0.2) is 18.2 Å². The minimum Gasteiger partial charge on any atom is -0.493 e. The van der Waals surface area contributed by atoms with Crippen LogP contribution < -0.4 is 14.2 Å². The van der Waals surface area contributed by atoms with E-state index in [9.17, 15) is 9.59 Å². The summed E-state index contributed by atoms with van der Waals surface area (Å²) in [6.07, 6.45) is 3.29. The van der Waals surface area contributed by atoms with Crippen molar-refractivity contribution in [2.45, 2.75) is 13.3 Å². The lowest BCUT2D eigenvalue weighted by Gasteiger charge is -2.12. The molecule has 0 fully saturated rings. The zero-order valence-corrected chi connectivity index (χ0v) is 12.5. The summed E-state index contributed by atoms with van der Waals surface area (Å²) in [6, 6.07) is 3.49. The van der Waals surface area contributed by atoms with E-state index in [1.165, 1.54) is 28.3 Å².